The second-order valence-corrected chi connectivity index (χ2v) is 5.62. The van der Waals surface area contributed by atoms with Gasteiger partial charge in [0.05, 0.1) is 6.61 Å². The number of esters is 1. The van der Waals surface area contributed by atoms with Crippen molar-refractivity contribution >= 4 is 21.9 Å². The molecule has 0 aliphatic rings. The van der Waals surface area contributed by atoms with E-state index < -0.39 is 0 Å². The molecule has 0 rings (SSSR count). The minimum absolute atomic E-state index is 0.0219. The molecular weight excluding hydrogens is 304 g/mol. The second-order valence-electron chi connectivity index (χ2n) is 4.83. The third kappa shape index (κ3) is 15.6. The van der Waals surface area contributed by atoms with Crippen molar-refractivity contribution in [3.63, 3.8) is 0 Å². The Morgan fingerprint density at radius 1 is 1.00 bits per heavy atom. The molecule has 2 nitrogen and oxygen atoms in total. The van der Waals surface area contributed by atoms with E-state index in [1.807, 2.05) is 0 Å². The van der Waals surface area contributed by atoms with Crippen LogP contribution in [0.15, 0.2) is 12.2 Å². The number of ether oxygens (including phenoxy) is 1. The summed E-state index contributed by atoms with van der Waals surface area (Å²) in [5.41, 5.74) is 0. The fourth-order valence-electron chi connectivity index (χ4n) is 1.79. The van der Waals surface area contributed by atoms with Gasteiger partial charge in [-0.2, -0.15) is 0 Å². The van der Waals surface area contributed by atoms with E-state index >= 15 is 0 Å². The molecule has 0 aliphatic carbocycles. The van der Waals surface area contributed by atoms with E-state index in [4.69, 9.17) is 4.74 Å². The fourth-order valence-corrected chi connectivity index (χ4v) is 2.06. The zero-order valence-electron chi connectivity index (χ0n) is 12.3. The topological polar surface area (TPSA) is 26.3 Å². The molecule has 0 fully saturated rings. The van der Waals surface area contributed by atoms with Crippen LogP contribution in [0.4, 0.5) is 0 Å². The molecule has 3 heteroatoms. The Morgan fingerprint density at radius 3 is 2.47 bits per heavy atom. The monoisotopic (exact) mass is 332 g/mol. The van der Waals surface area contributed by atoms with Crippen LogP contribution < -0.4 is 0 Å². The molecule has 0 bridgehead atoms. The van der Waals surface area contributed by atoms with Gasteiger partial charge < -0.3 is 4.74 Å². The van der Waals surface area contributed by atoms with E-state index in [1.165, 1.54) is 19.3 Å². The zero-order chi connectivity index (χ0) is 14.2. The van der Waals surface area contributed by atoms with Crippen LogP contribution in [0.2, 0.25) is 0 Å². The van der Waals surface area contributed by atoms with Crippen molar-refractivity contribution in [1.82, 2.24) is 0 Å². The summed E-state index contributed by atoms with van der Waals surface area (Å²) in [6, 6.07) is 0. The summed E-state index contributed by atoms with van der Waals surface area (Å²) in [5, 5.41) is 1.03. The van der Waals surface area contributed by atoms with Gasteiger partial charge >= 0.3 is 5.97 Å². The van der Waals surface area contributed by atoms with E-state index in [9.17, 15) is 4.79 Å². The number of unbranched alkanes of at least 4 members (excludes halogenated alkanes) is 6. The van der Waals surface area contributed by atoms with E-state index in [2.05, 4.69) is 35.0 Å². The summed E-state index contributed by atoms with van der Waals surface area (Å²) in [5.74, 6) is -0.0219. The van der Waals surface area contributed by atoms with Crippen molar-refractivity contribution in [2.24, 2.45) is 0 Å². The summed E-state index contributed by atoms with van der Waals surface area (Å²) in [6.07, 6.45) is 15.1. The predicted octanol–water partition coefficient (Wildman–Crippen LogP) is 5.40. The quantitative estimate of drug-likeness (QED) is 0.195. The third-order valence-corrected chi connectivity index (χ3v) is 3.41. The number of hydrogen-bond donors (Lipinski definition) is 0. The van der Waals surface area contributed by atoms with Crippen LogP contribution >= 0.6 is 15.9 Å². The molecule has 112 valence electrons. The lowest BCUT2D eigenvalue weighted by Gasteiger charge is -2.04. The molecule has 0 saturated carbocycles. The lowest BCUT2D eigenvalue weighted by atomic mass is 10.1. The van der Waals surface area contributed by atoms with Crippen molar-refractivity contribution in [2.75, 3.05) is 11.9 Å². The van der Waals surface area contributed by atoms with Crippen LogP contribution in [0.25, 0.3) is 0 Å². The summed E-state index contributed by atoms with van der Waals surface area (Å²) in [4.78, 5) is 11.4. The van der Waals surface area contributed by atoms with Crippen molar-refractivity contribution < 1.29 is 9.53 Å². The minimum atomic E-state index is -0.0219. The smallest absolute Gasteiger partial charge is 0.305 e. The molecule has 0 radical (unpaired) electrons. The van der Waals surface area contributed by atoms with Gasteiger partial charge in [-0.1, -0.05) is 60.7 Å². The maximum Gasteiger partial charge on any atom is 0.305 e. The highest BCUT2D eigenvalue weighted by Crippen LogP contribution is 2.06. The highest BCUT2D eigenvalue weighted by atomic mass is 79.9. The Balaban J connectivity index is 3.20. The number of alkyl halides is 1. The van der Waals surface area contributed by atoms with Crippen molar-refractivity contribution in [3.8, 4) is 0 Å². The molecule has 0 atom stereocenters. The van der Waals surface area contributed by atoms with Gasteiger partial charge in [0.1, 0.15) is 0 Å². The lowest BCUT2D eigenvalue weighted by molar-refractivity contribution is -0.143. The van der Waals surface area contributed by atoms with E-state index in [1.54, 1.807) is 0 Å². The van der Waals surface area contributed by atoms with Gasteiger partial charge in [0.15, 0.2) is 0 Å². The first kappa shape index (κ1) is 18.7. The molecule has 0 saturated heterocycles. The Labute approximate surface area is 127 Å². The molecule has 0 amide bonds. The molecular formula is C16H29BrO2. The Bertz CT molecular complexity index is 227. The number of carbonyl (C=O) groups excluding carboxylic acids is 1. The van der Waals surface area contributed by atoms with Gasteiger partial charge in [-0.15, -0.1) is 0 Å². The van der Waals surface area contributed by atoms with Gasteiger partial charge in [0.2, 0.25) is 0 Å². The second kappa shape index (κ2) is 15.7. The maximum absolute atomic E-state index is 11.4. The van der Waals surface area contributed by atoms with Crippen LogP contribution in [-0.4, -0.2) is 17.9 Å². The first-order chi connectivity index (χ1) is 9.31. The number of carbonyl (C=O) groups is 1. The first-order valence-electron chi connectivity index (χ1n) is 7.67. The summed E-state index contributed by atoms with van der Waals surface area (Å²) < 4.78 is 5.21. The lowest BCUT2D eigenvalue weighted by Crippen LogP contribution is -2.05. The summed E-state index contributed by atoms with van der Waals surface area (Å²) >= 11 is 3.38. The van der Waals surface area contributed by atoms with E-state index in [0.717, 1.165) is 43.9 Å². The first-order valence-corrected chi connectivity index (χ1v) is 8.80. The molecule has 19 heavy (non-hydrogen) atoms. The fraction of sp³-hybridized carbons (Fsp3) is 0.812. The third-order valence-electron chi connectivity index (χ3n) is 2.96. The number of halogens is 1. The Kier molecular flexibility index (Phi) is 15.5. The van der Waals surface area contributed by atoms with Crippen molar-refractivity contribution in [2.45, 2.75) is 71.1 Å². The van der Waals surface area contributed by atoms with Gasteiger partial charge in [-0.25, -0.2) is 0 Å². The zero-order valence-corrected chi connectivity index (χ0v) is 13.9. The number of allylic oxidation sites excluding steroid dienone is 2. The highest BCUT2D eigenvalue weighted by molar-refractivity contribution is 9.09. The average molecular weight is 333 g/mol. The van der Waals surface area contributed by atoms with Gasteiger partial charge in [-0.3, -0.25) is 4.79 Å². The number of hydrogen-bond acceptors (Lipinski definition) is 2. The Hall–Kier alpha value is -0.310. The highest BCUT2D eigenvalue weighted by Gasteiger charge is 2.01. The van der Waals surface area contributed by atoms with Gasteiger partial charge in [0, 0.05) is 11.8 Å². The van der Waals surface area contributed by atoms with Crippen LogP contribution in [0.1, 0.15) is 71.1 Å². The minimum Gasteiger partial charge on any atom is -0.466 e. The average Bonchev–Trinajstić information content (AvgIpc) is 2.41. The van der Waals surface area contributed by atoms with Crippen LogP contribution in [-0.2, 0) is 9.53 Å². The van der Waals surface area contributed by atoms with Crippen LogP contribution in [0.5, 0.6) is 0 Å². The number of rotatable bonds is 13. The summed E-state index contributed by atoms with van der Waals surface area (Å²) in [6.45, 7) is 2.78. The van der Waals surface area contributed by atoms with Gasteiger partial charge in [0.25, 0.3) is 0 Å². The SMILES string of the molecule is CCCCCCCC(=O)OCCCC/C=C\CCBr. The summed E-state index contributed by atoms with van der Waals surface area (Å²) in [7, 11) is 0. The molecule has 0 heterocycles. The Morgan fingerprint density at radius 2 is 1.74 bits per heavy atom. The molecule has 0 aliphatic heterocycles. The standard InChI is InChI=1S/C16H29BrO2/c1-2-3-4-7-10-13-16(18)19-15-12-9-6-5-8-11-14-17/h5,8H,2-4,6-7,9-15H2,1H3/b8-5-. The molecule has 0 aromatic carbocycles. The normalized spacial score (nSPS) is 11.1. The molecule has 0 aromatic rings. The van der Waals surface area contributed by atoms with E-state index in [-0.39, 0.29) is 5.97 Å². The van der Waals surface area contributed by atoms with Crippen LogP contribution in [0.3, 0.4) is 0 Å². The van der Waals surface area contributed by atoms with Crippen LogP contribution in [0, 0.1) is 0 Å². The maximum atomic E-state index is 11.4. The van der Waals surface area contributed by atoms with E-state index in [0.29, 0.717) is 13.0 Å². The molecule has 0 N–H and O–H groups in total. The van der Waals surface area contributed by atoms with Crippen molar-refractivity contribution in [3.05, 3.63) is 12.2 Å². The molecule has 0 spiro atoms. The molecule has 0 aromatic heterocycles. The predicted molar refractivity (Wildman–Crippen MR) is 85.7 cm³/mol. The van der Waals surface area contributed by atoms with Gasteiger partial charge in [-0.05, 0) is 32.1 Å². The molecule has 0 unspecified atom stereocenters. The largest absolute Gasteiger partial charge is 0.466 e. The van der Waals surface area contributed by atoms with Crippen molar-refractivity contribution in [1.29, 1.82) is 0 Å².